The third-order valence-electron chi connectivity index (χ3n) is 4.62. The van der Waals surface area contributed by atoms with Gasteiger partial charge in [-0.15, -0.1) is 0 Å². The molecule has 3 aliphatic rings. The maximum Gasteiger partial charge on any atom is 0.157 e. The zero-order valence-electron chi connectivity index (χ0n) is 11.6. The van der Waals surface area contributed by atoms with Gasteiger partial charge in [0.15, 0.2) is 5.17 Å². The van der Waals surface area contributed by atoms with Crippen molar-refractivity contribution >= 4 is 16.9 Å². The van der Waals surface area contributed by atoms with Crippen molar-refractivity contribution in [2.45, 2.75) is 57.7 Å². The van der Waals surface area contributed by atoms with Crippen LogP contribution < -0.4 is 5.32 Å². The van der Waals surface area contributed by atoms with Gasteiger partial charge in [-0.3, -0.25) is 9.89 Å². The van der Waals surface area contributed by atoms with Gasteiger partial charge in [-0.05, 0) is 38.1 Å². The second-order valence-corrected chi connectivity index (χ2v) is 7.25. The van der Waals surface area contributed by atoms with E-state index in [0.29, 0.717) is 18.0 Å². The highest BCUT2D eigenvalue weighted by molar-refractivity contribution is 8.13. The summed E-state index contributed by atoms with van der Waals surface area (Å²) in [6.07, 6.45) is 5.31. The van der Waals surface area contributed by atoms with Crippen LogP contribution in [0.25, 0.3) is 0 Å². The average molecular weight is 267 g/mol. The first-order chi connectivity index (χ1) is 8.74. The topological polar surface area (TPSA) is 27.6 Å². The van der Waals surface area contributed by atoms with Crippen molar-refractivity contribution in [2.24, 2.45) is 10.9 Å². The summed E-state index contributed by atoms with van der Waals surface area (Å²) < 4.78 is 0. The molecule has 2 fully saturated rings. The van der Waals surface area contributed by atoms with E-state index in [1.807, 2.05) is 11.8 Å². The number of hydrogen-bond acceptors (Lipinski definition) is 4. The van der Waals surface area contributed by atoms with Gasteiger partial charge in [0, 0.05) is 24.4 Å². The Bertz CT molecular complexity index is 329. The molecule has 0 aromatic carbocycles. The lowest BCUT2D eigenvalue weighted by Crippen LogP contribution is -2.42. The van der Waals surface area contributed by atoms with Crippen LogP contribution >= 0.6 is 11.8 Å². The van der Waals surface area contributed by atoms with Crippen LogP contribution in [-0.2, 0) is 0 Å². The van der Waals surface area contributed by atoms with Gasteiger partial charge in [-0.25, -0.2) is 0 Å². The van der Waals surface area contributed by atoms with Gasteiger partial charge < -0.3 is 5.32 Å². The predicted octanol–water partition coefficient (Wildman–Crippen LogP) is 2.33. The van der Waals surface area contributed by atoms with E-state index in [1.165, 1.54) is 49.7 Å². The van der Waals surface area contributed by atoms with E-state index in [2.05, 4.69) is 24.1 Å². The van der Waals surface area contributed by atoms with Gasteiger partial charge in [0.25, 0.3) is 0 Å². The molecule has 0 spiro atoms. The second kappa shape index (κ2) is 5.41. The van der Waals surface area contributed by atoms with Crippen molar-refractivity contribution in [1.82, 2.24) is 10.2 Å². The molecule has 3 atom stereocenters. The normalized spacial score (nSPS) is 36.8. The Morgan fingerprint density at radius 2 is 2.17 bits per heavy atom. The van der Waals surface area contributed by atoms with E-state index in [4.69, 9.17) is 4.99 Å². The highest BCUT2D eigenvalue weighted by Gasteiger charge is 2.37. The predicted molar refractivity (Wildman–Crippen MR) is 79.3 cm³/mol. The largest absolute Gasteiger partial charge is 0.361 e. The average Bonchev–Trinajstić information content (AvgIpc) is 2.94. The first kappa shape index (κ1) is 12.8. The van der Waals surface area contributed by atoms with Crippen LogP contribution in [0.5, 0.6) is 0 Å². The molecular weight excluding hydrogens is 242 g/mol. The minimum absolute atomic E-state index is 0.537. The molecule has 1 N–H and O–H groups in total. The summed E-state index contributed by atoms with van der Waals surface area (Å²) in [6.45, 7) is 7.18. The standard InChI is InChI=1S/C14H25N3S/c1-10(2)11-6-9-18-14(15-11)16-12-5-8-17-7-3-4-13(12)17/h10-13H,3-9H2,1-2H3,(H,15,16). The number of amidine groups is 1. The lowest BCUT2D eigenvalue weighted by molar-refractivity contribution is 0.308. The number of nitrogens with one attached hydrogen (secondary N) is 1. The molecule has 0 radical (unpaired) electrons. The molecule has 3 aliphatic heterocycles. The fourth-order valence-corrected chi connectivity index (χ4v) is 4.50. The molecule has 18 heavy (non-hydrogen) atoms. The van der Waals surface area contributed by atoms with Crippen LogP contribution in [0.3, 0.4) is 0 Å². The highest BCUT2D eigenvalue weighted by Crippen LogP contribution is 2.29. The lowest BCUT2D eigenvalue weighted by Gasteiger charge is -2.27. The summed E-state index contributed by atoms with van der Waals surface area (Å²) >= 11 is 1.93. The summed E-state index contributed by atoms with van der Waals surface area (Å²) in [5.74, 6) is 1.91. The molecule has 3 unspecified atom stereocenters. The zero-order valence-corrected chi connectivity index (χ0v) is 12.4. The van der Waals surface area contributed by atoms with Crippen LogP contribution in [0.15, 0.2) is 4.99 Å². The van der Waals surface area contributed by atoms with Gasteiger partial charge in [0.1, 0.15) is 0 Å². The molecule has 0 aromatic heterocycles. The fourth-order valence-electron chi connectivity index (χ4n) is 3.50. The summed E-state index contributed by atoms with van der Waals surface area (Å²) in [5, 5.41) is 4.97. The zero-order chi connectivity index (χ0) is 12.5. The van der Waals surface area contributed by atoms with Crippen LogP contribution in [0.4, 0.5) is 0 Å². The number of nitrogens with zero attached hydrogens (tertiary/aromatic N) is 2. The monoisotopic (exact) mass is 267 g/mol. The Hall–Kier alpha value is -0.220. The third-order valence-corrected chi connectivity index (χ3v) is 5.56. The molecule has 3 rings (SSSR count). The number of thioether (sulfide) groups is 1. The number of hydrogen-bond donors (Lipinski definition) is 1. The third kappa shape index (κ3) is 2.55. The van der Waals surface area contributed by atoms with E-state index in [1.54, 1.807) is 0 Å². The molecule has 0 saturated carbocycles. The van der Waals surface area contributed by atoms with Crippen molar-refractivity contribution in [2.75, 3.05) is 18.8 Å². The van der Waals surface area contributed by atoms with Gasteiger partial charge in [0.2, 0.25) is 0 Å². The van der Waals surface area contributed by atoms with Crippen molar-refractivity contribution in [1.29, 1.82) is 0 Å². The summed E-state index contributed by atoms with van der Waals surface area (Å²) in [6, 6.07) is 1.98. The number of fused-ring (bicyclic) bond motifs is 1. The fraction of sp³-hybridized carbons (Fsp3) is 0.929. The molecule has 0 bridgehead atoms. The van der Waals surface area contributed by atoms with Gasteiger partial charge in [0.05, 0.1) is 6.04 Å². The first-order valence-electron chi connectivity index (χ1n) is 7.45. The molecule has 3 nitrogen and oxygen atoms in total. The second-order valence-electron chi connectivity index (χ2n) is 6.17. The summed E-state index contributed by atoms with van der Waals surface area (Å²) in [5.41, 5.74) is 0. The van der Waals surface area contributed by atoms with Gasteiger partial charge >= 0.3 is 0 Å². The minimum Gasteiger partial charge on any atom is -0.361 e. The lowest BCUT2D eigenvalue weighted by atomic mass is 10.0. The van der Waals surface area contributed by atoms with Crippen LogP contribution in [0.2, 0.25) is 0 Å². The Morgan fingerprint density at radius 1 is 1.28 bits per heavy atom. The smallest absolute Gasteiger partial charge is 0.157 e. The van der Waals surface area contributed by atoms with E-state index in [-0.39, 0.29) is 0 Å². The Kier molecular flexibility index (Phi) is 3.85. The Balaban J connectivity index is 1.62. The Labute approximate surface area is 115 Å². The molecule has 0 amide bonds. The number of aliphatic imine (C=N–C) groups is 1. The number of rotatable bonds is 2. The molecule has 4 heteroatoms. The van der Waals surface area contributed by atoms with Crippen molar-refractivity contribution in [3.63, 3.8) is 0 Å². The van der Waals surface area contributed by atoms with E-state index in [0.717, 1.165) is 6.04 Å². The highest BCUT2D eigenvalue weighted by atomic mass is 32.2. The molecule has 0 aliphatic carbocycles. The van der Waals surface area contributed by atoms with Crippen molar-refractivity contribution in [3.8, 4) is 0 Å². The minimum atomic E-state index is 0.537. The molecule has 2 saturated heterocycles. The van der Waals surface area contributed by atoms with Crippen LogP contribution in [0.1, 0.15) is 39.5 Å². The van der Waals surface area contributed by atoms with Crippen LogP contribution in [-0.4, -0.2) is 47.0 Å². The van der Waals surface area contributed by atoms with E-state index < -0.39 is 0 Å². The van der Waals surface area contributed by atoms with Gasteiger partial charge in [-0.2, -0.15) is 0 Å². The molecule has 0 aromatic rings. The molecule has 102 valence electrons. The van der Waals surface area contributed by atoms with E-state index in [9.17, 15) is 0 Å². The van der Waals surface area contributed by atoms with Crippen molar-refractivity contribution < 1.29 is 0 Å². The SMILES string of the molecule is CC(C)C1CCSC(NC2CCN3CCCC23)=N1. The van der Waals surface area contributed by atoms with E-state index >= 15 is 0 Å². The quantitative estimate of drug-likeness (QED) is 0.832. The summed E-state index contributed by atoms with van der Waals surface area (Å²) in [7, 11) is 0. The maximum absolute atomic E-state index is 4.91. The Morgan fingerprint density at radius 3 is 3.00 bits per heavy atom. The van der Waals surface area contributed by atoms with Crippen molar-refractivity contribution in [3.05, 3.63) is 0 Å². The maximum atomic E-state index is 4.91. The molecule has 3 heterocycles. The van der Waals surface area contributed by atoms with Crippen LogP contribution in [0, 0.1) is 5.92 Å². The summed E-state index contributed by atoms with van der Waals surface area (Å²) in [4.78, 5) is 7.57. The molecular formula is C14H25N3S. The van der Waals surface area contributed by atoms with Gasteiger partial charge in [-0.1, -0.05) is 25.6 Å². The first-order valence-corrected chi connectivity index (χ1v) is 8.44.